The number of carbonyl (C=O) groups excluding carboxylic acids is 1. The molecule has 1 amide bonds. The van der Waals surface area contributed by atoms with Gasteiger partial charge in [0, 0.05) is 0 Å². The lowest BCUT2D eigenvalue weighted by Gasteiger charge is -2.10. The van der Waals surface area contributed by atoms with Gasteiger partial charge in [-0.05, 0) is 0 Å². The van der Waals surface area contributed by atoms with Gasteiger partial charge < -0.3 is 15.2 Å². The van der Waals surface area contributed by atoms with Crippen molar-refractivity contribution in [2.45, 2.75) is 18.6 Å². The number of halogens is 2. The number of aliphatic carboxylic acids is 1. The summed E-state index contributed by atoms with van der Waals surface area (Å²) in [6.45, 7) is 0. The van der Waals surface area contributed by atoms with Crippen molar-refractivity contribution in [1.29, 1.82) is 0 Å². The van der Waals surface area contributed by atoms with Crippen LogP contribution in [0, 0.1) is 0 Å². The Hall–Kier alpha value is -1.40. The summed E-state index contributed by atoms with van der Waals surface area (Å²) in [5, 5.41) is 10.1. The highest BCUT2D eigenvalue weighted by atomic mass is 19.3. The standard InChI is InChI=1S/C5H5F2NO4/c6-3(7)2-1(4(9)10)8-5(11)12-2/h1-3H,(H,8,11)(H,9,10)/t1-,2-/m1/s1. The fourth-order valence-electron chi connectivity index (χ4n) is 0.834. The second-order valence-corrected chi connectivity index (χ2v) is 2.16. The van der Waals surface area contributed by atoms with Crippen molar-refractivity contribution < 1.29 is 28.2 Å². The van der Waals surface area contributed by atoms with E-state index in [0.717, 1.165) is 0 Å². The molecule has 0 unspecified atom stereocenters. The van der Waals surface area contributed by atoms with E-state index in [9.17, 15) is 18.4 Å². The first-order chi connectivity index (χ1) is 5.52. The molecule has 1 fully saturated rings. The minimum absolute atomic E-state index is 1.13. The minimum atomic E-state index is -3.00. The lowest BCUT2D eigenvalue weighted by atomic mass is 10.2. The lowest BCUT2D eigenvalue weighted by molar-refractivity contribution is -0.142. The Balaban J connectivity index is 2.72. The monoisotopic (exact) mass is 181 g/mol. The van der Waals surface area contributed by atoms with Crippen LogP contribution < -0.4 is 5.32 Å². The minimum Gasteiger partial charge on any atom is -0.480 e. The van der Waals surface area contributed by atoms with Crippen LogP contribution in [-0.2, 0) is 9.53 Å². The predicted molar refractivity (Wildman–Crippen MR) is 30.8 cm³/mol. The number of carbonyl (C=O) groups is 2. The van der Waals surface area contributed by atoms with E-state index < -0.39 is 30.6 Å². The van der Waals surface area contributed by atoms with Gasteiger partial charge in [0.05, 0.1) is 0 Å². The highest BCUT2D eigenvalue weighted by molar-refractivity contribution is 5.83. The Bertz CT molecular complexity index is 219. The number of alkyl halides is 2. The number of rotatable bonds is 2. The first kappa shape index (κ1) is 8.69. The molecule has 0 aromatic rings. The third kappa shape index (κ3) is 1.44. The second-order valence-electron chi connectivity index (χ2n) is 2.16. The van der Waals surface area contributed by atoms with Crippen LogP contribution in [0.1, 0.15) is 0 Å². The van der Waals surface area contributed by atoms with Crippen molar-refractivity contribution in [3.63, 3.8) is 0 Å². The molecular weight excluding hydrogens is 176 g/mol. The lowest BCUT2D eigenvalue weighted by Crippen LogP contribution is -2.42. The largest absolute Gasteiger partial charge is 0.480 e. The molecule has 0 aromatic heterocycles. The van der Waals surface area contributed by atoms with E-state index in [-0.39, 0.29) is 0 Å². The number of carboxylic acid groups (broad SMARTS) is 1. The molecule has 0 radical (unpaired) electrons. The van der Waals surface area contributed by atoms with Gasteiger partial charge >= 0.3 is 12.1 Å². The van der Waals surface area contributed by atoms with E-state index in [1.54, 1.807) is 5.32 Å². The smallest absolute Gasteiger partial charge is 0.408 e. The molecule has 12 heavy (non-hydrogen) atoms. The molecule has 0 saturated carbocycles. The van der Waals surface area contributed by atoms with Gasteiger partial charge in [0.1, 0.15) is 0 Å². The van der Waals surface area contributed by atoms with Crippen molar-refractivity contribution in [3.05, 3.63) is 0 Å². The van der Waals surface area contributed by atoms with E-state index in [2.05, 4.69) is 4.74 Å². The maximum Gasteiger partial charge on any atom is 0.408 e. The van der Waals surface area contributed by atoms with Gasteiger partial charge in [0.15, 0.2) is 12.1 Å². The fraction of sp³-hybridized carbons (Fsp3) is 0.600. The SMILES string of the molecule is O=C1N[C@@H](C(=O)O)[C@H](C(F)F)O1. The van der Waals surface area contributed by atoms with Crippen molar-refractivity contribution in [2.75, 3.05) is 0 Å². The van der Waals surface area contributed by atoms with Gasteiger partial charge in [-0.15, -0.1) is 0 Å². The summed E-state index contributed by atoms with van der Waals surface area (Å²) in [5.41, 5.74) is 0. The molecule has 68 valence electrons. The van der Waals surface area contributed by atoms with Crippen LogP contribution in [-0.4, -0.2) is 35.7 Å². The molecule has 5 nitrogen and oxygen atoms in total. The van der Waals surface area contributed by atoms with Crippen LogP contribution in [0.15, 0.2) is 0 Å². The van der Waals surface area contributed by atoms with Crippen molar-refractivity contribution in [3.8, 4) is 0 Å². The van der Waals surface area contributed by atoms with E-state index in [0.29, 0.717) is 0 Å². The van der Waals surface area contributed by atoms with Crippen molar-refractivity contribution in [2.24, 2.45) is 0 Å². The Morgan fingerprint density at radius 3 is 2.58 bits per heavy atom. The van der Waals surface area contributed by atoms with Crippen molar-refractivity contribution >= 4 is 12.1 Å². The Kier molecular flexibility index (Phi) is 2.11. The summed E-state index contributed by atoms with van der Waals surface area (Å²) >= 11 is 0. The summed E-state index contributed by atoms with van der Waals surface area (Å²) in [4.78, 5) is 20.6. The van der Waals surface area contributed by atoms with E-state index in [1.807, 2.05) is 0 Å². The van der Waals surface area contributed by atoms with Crippen molar-refractivity contribution in [1.82, 2.24) is 5.32 Å². The molecule has 2 N–H and O–H groups in total. The maximum atomic E-state index is 11.9. The van der Waals surface area contributed by atoms with Gasteiger partial charge in [-0.25, -0.2) is 18.4 Å². The Morgan fingerprint density at radius 2 is 2.25 bits per heavy atom. The average Bonchev–Trinajstić information content (AvgIpc) is 2.31. The van der Waals surface area contributed by atoms with Crippen LogP contribution >= 0.6 is 0 Å². The van der Waals surface area contributed by atoms with Gasteiger partial charge in [-0.3, -0.25) is 0 Å². The number of nitrogens with one attached hydrogen (secondary N) is 1. The Morgan fingerprint density at radius 1 is 1.67 bits per heavy atom. The number of hydrogen-bond acceptors (Lipinski definition) is 3. The van der Waals surface area contributed by atoms with Crippen LogP contribution in [0.4, 0.5) is 13.6 Å². The number of carboxylic acids is 1. The third-order valence-corrected chi connectivity index (χ3v) is 1.36. The number of alkyl carbamates (subject to hydrolysis) is 1. The molecule has 1 aliphatic heterocycles. The van der Waals surface area contributed by atoms with Crippen LogP contribution in [0.5, 0.6) is 0 Å². The Labute approximate surface area is 65.3 Å². The van der Waals surface area contributed by atoms with Crippen LogP contribution in [0.2, 0.25) is 0 Å². The molecule has 0 aromatic carbocycles. The summed E-state index contributed by atoms with van der Waals surface area (Å²) in [6, 6.07) is -1.66. The van der Waals surface area contributed by atoms with Crippen LogP contribution in [0.3, 0.4) is 0 Å². The number of ether oxygens (including phenoxy) is 1. The molecule has 0 spiro atoms. The molecular formula is C5H5F2NO4. The zero-order valence-corrected chi connectivity index (χ0v) is 5.66. The summed E-state index contributed by atoms with van der Waals surface area (Å²) in [7, 11) is 0. The molecule has 1 heterocycles. The zero-order valence-electron chi connectivity index (χ0n) is 5.66. The molecule has 1 aliphatic rings. The molecule has 2 atom stereocenters. The molecule has 1 rings (SSSR count). The van der Waals surface area contributed by atoms with Gasteiger partial charge in [-0.1, -0.05) is 0 Å². The molecule has 0 bridgehead atoms. The second kappa shape index (κ2) is 2.92. The van der Waals surface area contributed by atoms with Crippen LogP contribution in [0.25, 0.3) is 0 Å². The van der Waals surface area contributed by atoms with Gasteiger partial charge in [0.2, 0.25) is 0 Å². The maximum absolute atomic E-state index is 11.9. The topological polar surface area (TPSA) is 75.6 Å². The number of cyclic esters (lactones) is 1. The van der Waals surface area contributed by atoms with E-state index in [1.165, 1.54) is 0 Å². The number of amides is 1. The van der Waals surface area contributed by atoms with E-state index in [4.69, 9.17) is 5.11 Å². The first-order valence-electron chi connectivity index (χ1n) is 3.00. The normalized spacial score (nSPS) is 28.4. The fourth-order valence-corrected chi connectivity index (χ4v) is 0.834. The van der Waals surface area contributed by atoms with Gasteiger partial charge in [0.25, 0.3) is 6.43 Å². The quantitative estimate of drug-likeness (QED) is 0.619. The van der Waals surface area contributed by atoms with E-state index >= 15 is 0 Å². The molecule has 7 heteroatoms. The summed E-state index contributed by atoms with van der Waals surface area (Å²) in [6.07, 6.45) is -6.02. The average molecular weight is 181 g/mol. The third-order valence-electron chi connectivity index (χ3n) is 1.36. The highest BCUT2D eigenvalue weighted by Crippen LogP contribution is 2.16. The summed E-state index contributed by atoms with van der Waals surface area (Å²) < 4.78 is 27.9. The zero-order chi connectivity index (χ0) is 9.30. The highest BCUT2D eigenvalue weighted by Gasteiger charge is 2.44. The molecule has 1 saturated heterocycles. The molecule has 0 aliphatic carbocycles. The predicted octanol–water partition coefficient (Wildman–Crippen LogP) is -0.187. The number of hydrogen-bond donors (Lipinski definition) is 2. The summed E-state index contributed by atoms with van der Waals surface area (Å²) in [5.74, 6) is -1.54. The first-order valence-corrected chi connectivity index (χ1v) is 3.00. The van der Waals surface area contributed by atoms with Gasteiger partial charge in [-0.2, -0.15) is 0 Å².